The van der Waals surface area contributed by atoms with E-state index in [2.05, 4.69) is 9.97 Å². The average Bonchev–Trinajstić information content (AvgIpc) is 2.21. The third-order valence-electron chi connectivity index (χ3n) is 1.59. The van der Waals surface area contributed by atoms with Gasteiger partial charge >= 0.3 is 0 Å². The van der Waals surface area contributed by atoms with Crippen molar-refractivity contribution in [1.82, 2.24) is 9.97 Å². The van der Waals surface area contributed by atoms with Gasteiger partial charge in [-0.3, -0.25) is 9.97 Å². The first-order chi connectivity index (χ1) is 5.97. The van der Waals surface area contributed by atoms with Gasteiger partial charge in [0.25, 0.3) is 0 Å². The van der Waals surface area contributed by atoms with E-state index in [9.17, 15) is 0 Å². The molecule has 0 spiro atoms. The van der Waals surface area contributed by atoms with Crippen LogP contribution in [0.3, 0.4) is 0 Å². The molecule has 0 N–H and O–H groups in total. The van der Waals surface area contributed by atoms with Gasteiger partial charge in [-0.15, -0.1) is 0 Å². The minimum atomic E-state index is 0. The maximum atomic E-state index is 4.19. The van der Waals surface area contributed by atoms with Crippen molar-refractivity contribution < 1.29 is 36.5 Å². The zero-order valence-corrected chi connectivity index (χ0v) is 11.4. The molecule has 0 bridgehead atoms. The number of pyridine rings is 2. The molecule has 71 valence electrons. The van der Waals surface area contributed by atoms with E-state index in [1.807, 2.05) is 36.4 Å². The Balaban J connectivity index is 0.000000845. The third kappa shape index (κ3) is 3.30. The summed E-state index contributed by atoms with van der Waals surface area (Å²) in [6, 6.07) is 11.6. The van der Waals surface area contributed by atoms with Gasteiger partial charge in [0, 0.05) is 48.9 Å². The standard InChI is InChI=1S/C10H8N2.Cu.Zn/c1-3-7-11-9(5-1)10-6-2-4-8-12-10;;/h1-8H;;. The summed E-state index contributed by atoms with van der Waals surface area (Å²) in [6.07, 6.45) is 3.54. The molecule has 0 saturated carbocycles. The molecule has 0 aromatic carbocycles. The van der Waals surface area contributed by atoms with Crippen molar-refractivity contribution in [3.63, 3.8) is 0 Å². The molecule has 2 aromatic heterocycles. The van der Waals surface area contributed by atoms with Crippen LogP contribution in [0, 0.1) is 0 Å². The minimum Gasteiger partial charge on any atom is -0.255 e. The van der Waals surface area contributed by atoms with Crippen molar-refractivity contribution in [2.75, 3.05) is 0 Å². The maximum Gasteiger partial charge on any atom is 0.0886 e. The van der Waals surface area contributed by atoms with Crippen molar-refractivity contribution in [1.29, 1.82) is 0 Å². The first-order valence-corrected chi connectivity index (χ1v) is 3.79. The van der Waals surface area contributed by atoms with Gasteiger partial charge in [-0.1, -0.05) is 12.1 Å². The second-order valence-corrected chi connectivity index (χ2v) is 2.43. The molecule has 2 heterocycles. The van der Waals surface area contributed by atoms with Crippen molar-refractivity contribution >= 4 is 0 Å². The summed E-state index contributed by atoms with van der Waals surface area (Å²) in [4.78, 5) is 8.37. The van der Waals surface area contributed by atoms with Crippen LogP contribution in [0.1, 0.15) is 0 Å². The molecule has 2 nitrogen and oxygen atoms in total. The molecule has 1 radical (unpaired) electrons. The molecule has 0 unspecified atom stereocenters. The summed E-state index contributed by atoms with van der Waals surface area (Å²) in [5.74, 6) is 0. The molecule has 0 fully saturated rings. The Morgan fingerprint density at radius 2 is 1.14 bits per heavy atom. The molecule has 0 aliphatic heterocycles. The second-order valence-electron chi connectivity index (χ2n) is 2.43. The summed E-state index contributed by atoms with van der Waals surface area (Å²) in [7, 11) is 0. The van der Waals surface area contributed by atoms with Crippen LogP contribution in [-0.4, -0.2) is 9.97 Å². The summed E-state index contributed by atoms with van der Waals surface area (Å²) in [6.45, 7) is 0. The third-order valence-corrected chi connectivity index (χ3v) is 1.59. The van der Waals surface area contributed by atoms with Crippen LogP contribution < -0.4 is 0 Å². The van der Waals surface area contributed by atoms with E-state index < -0.39 is 0 Å². The van der Waals surface area contributed by atoms with Crippen molar-refractivity contribution in [3.05, 3.63) is 48.8 Å². The Hall–Kier alpha value is -0.557. The van der Waals surface area contributed by atoms with E-state index in [1.165, 1.54) is 0 Å². The number of hydrogen-bond acceptors (Lipinski definition) is 2. The van der Waals surface area contributed by atoms with Crippen LogP contribution in [0.15, 0.2) is 48.8 Å². The van der Waals surface area contributed by atoms with E-state index in [-0.39, 0.29) is 36.5 Å². The Kier molecular flexibility index (Phi) is 6.56. The normalized spacial score (nSPS) is 8.29. The Morgan fingerprint density at radius 1 is 0.714 bits per heavy atom. The fourth-order valence-corrected chi connectivity index (χ4v) is 1.03. The Morgan fingerprint density at radius 3 is 1.43 bits per heavy atom. The molecule has 2 rings (SSSR count). The summed E-state index contributed by atoms with van der Waals surface area (Å²) >= 11 is 0. The Bertz CT molecular complexity index is 316. The number of rotatable bonds is 1. The van der Waals surface area contributed by atoms with Crippen LogP contribution in [-0.2, 0) is 36.5 Å². The first kappa shape index (κ1) is 13.4. The van der Waals surface area contributed by atoms with E-state index in [1.54, 1.807) is 12.4 Å². The molecule has 4 heteroatoms. The fourth-order valence-electron chi connectivity index (χ4n) is 1.03. The summed E-state index contributed by atoms with van der Waals surface area (Å²) in [5.41, 5.74) is 1.83. The summed E-state index contributed by atoms with van der Waals surface area (Å²) < 4.78 is 0. The number of hydrogen-bond donors (Lipinski definition) is 0. The molecular formula is C10H8CuN2Zn. The zero-order chi connectivity index (χ0) is 8.23. The molecule has 0 aliphatic rings. The Labute approximate surface area is 106 Å². The predicted octanol–water partition coefficient (Wildman–Crippen LogP) is 2.14. The molecular weight excluding hydrogens is 277 g/mol. The average molecular weight is 285 g/mol. The predicted molar refractivity (Wildman–Crippen MR) is 47.5 cm³/mol. The molecule has 0 atom stereocenters. The van der Waals surface area contributed by atoms with Gasteiger partial charge in [0.1, 0.15) is 0 Å². The van der Waals surface area contributed by atoms with Crippen LogP contribution in [0.2, 0.25) is 0 Å². The number of nitrogens with zero attached hydrogens (tertiary/aromatic N) is 2. The largest absolute Gasteiger partial charge is 0.255 e. The van der Waals surface area contributed by atoms with Gasteiger partial charge in [0.15, 0.2) is 0 Å². The SMILES string of the molecule is [Cu].[Zn].c1ccc(-c2ccccn2)nc1. The minimum absolute atomic E-state index is 0. The smallest absolute Gasteiger partial charge is 0.0886 e. The van der Waals surface area contributed by atoms with Crippen LogP contribution >= 0.6 is 0 Å². The van der Waals surface area contributed by atoms with Crippen LogP contribution in [0.5, 0.6) is 0 Å². The van der Waals surface area contributed by atoms with Gasteiger partial charge in [0.05, 0.1) is 11.4 Å². The maximum absolute atomic E-state index is 4.19. The summed E-state index contributed by atoms with van der Waals surface area (Å²) in [5, 5.41) is 0. The van der Waals surface area contributed by atoms with Crippen LogP contribution in [0.4, 0.5) is 0 Å². The molecule has 0 saturated heterocycles. The molecule has 14 heavy (non-hydrogen) atoms. The number of aromatic nitrogens is 2. The van der Waals surface area contributed by atoms with Crippen molar-refractivity contribution in [2.45, 2.75) is 0 Å². The van der Waals surface area contributed by atoms with E-state index >= 15 is 0 Å². The van der Waals surface area contributed by atoms with Gasteiger partial charge in [-0.05, 0) is 24.3 Å². The van der Waals surface area contributed by atoms with Gasteiger partial charge in [0.2, 0.25) is 0 Å². The van der Waals surface area contributed by atoms with Crippen molar-refractivity contribution in [2.24, 2.45) is 0 Å². The quantitative estimate of drug-likeness (QED) is 0.750. The van der Waals surface area contributed by atoms with Gasteiger partial charge in [-0.25, -0.2) is 0 Å². The monoisotopic (exact) mass is 283 g/mol. The fraction of sp³-hybridized carbons (Fsp3) is 0. The molecule has 2 aromatic rings. The first-order valence-electron chi connectivity index (χ1n) is 3.79. The van der Waals surface area contributed by atoms with Crippen LogP contribution in [0.25, 0.3) is 11.4 Å². The van der Waals surface area contributed by atoms with Gasteiger partial charge in [-0.2, -0.15) is 0 Å². The molecule has 0 amide bonds. The van der Waals surface area contributed by atoms with E-state index in [4.69, 9.17) is 0 Å². The molecule has 0 aliphatic carbocycles. The van der Waals surface area contributed by atoms with Crippen molar-refractivity contribution in [3.8, 4) is 11.4 Å². The zero-order valence-electron chi connectivity index (χ0n) is 7.52. The van der Waals surface area contributed by atoms with E-state index in [0.717, 1.165) is 11.4 Å². The van der Waals surface area contributed by atoms with Gasteiger partial charge < -0.3 is 0 Å². The topological polar surface area (TPSA) is 25.8 Å². The van der Waals surface area contributed by atoms with E-state index in [0.29, 0.717) is 0 Å². The second kappa shape index (κ2) is 6.83.